The van der Waals surface area contributed by atoms with Crippen LogP contribution >= 0.6 is 0 Å². The van der Waals surface area contributed by atoms with Crippen LogP contribution in [-0.2, 0) is 14.4 Å². The van der Waals surface area contributed by atoms with E-state index in [1.54, 1.807) is 0 Å². The average Bonchev–Trinajstić information content (AvgIpc) is 2.75. The highest BCUT2D eigenvalue weighted by Gasteiger charge is 2.46. The Morgan fingerprint density at radius 2 is 1.51 bits per heavy atom. The number of methoxy groups -OCH3 is 1. The van der Waals surface area contributed by atoms with Gasteiger partial charge in [0, 0.05) is 11.1 Å². The summed E-state index contributed by atoms with van der Waals surface area (Å²) in [6.07, 6.45) is 2.50. The summed E-state index contributed by atoms with van der Waals surface area (Å²) >= 11 is 0. The molecule has 6 heteroatoms. The molecule has 0 aliphatic carbocycles. The predicted octanol–water partition coefficient (Wildman–Crippen LogP) is 7.63. The summed E-state index contributed by atoms with van der Waals surface area (Å²) in [4.78, 5) is 17.6. The quantitative estimate of drug-likeness (QED) is 0.337. The van der Waals surface area contributed by atoms with Crippen LogP contribution in [0.3, 0.4) is 0 Å². The molecule has 222 valence electrons. The van der Waals surface area contributed by atoms with Crippen LogP contribution in [0.5, 0.6) is 0 Å². The molecule has 1 heterocycles. The summed E-state index contributed by atoms with van der Waals surface area (Å²) in [6, 6.07) is 10.3. The number of carbonyl (C=O) groups excluding carboxylic acids is 1. The molecule has 2 rings (SSSR count). The van der Waals surface area contributed by atoms with E-state index in [1.165, 1.54) is 12.7 Å². The smallest absolute Gasteiger partial charge is 0.311 e. The second-order valence-corrected chi connectivity index (χ2v) is 11.0. The predicted molar refractivity (Wildman–Crippen MR) is 160 cm³/mol. The van der Waals surface area contributed by atoms with Crippen molar-refractivity contribution in [1.82, 2.24) is 5.06 Å². The molecule has 1 aliphatic heterocycles. The Morgan fingerprint density at radius 3 is 1.89 bits per heavy atom. The molecule has 0 aromatic heterocycles. The van der Waals surface area contributed by atoms with E-state index in [2.05, 4.69) is 46.8 Å². The summed E-state index contributed by atoms with van der Waals surface area (Å²) < 4.78 is 4.90. The van der Waals surface area contributed by atoms with Gasteiger partial charge in [-0.2, -0.15) is 5.06 Å². The zero-order valence-electron chi connectivity index (χ0n) is 22.2. The molecule has 0 saturated carbocycles. The van der Waals surface area contributed by atoms with E-state index >= 15 is 0 Å². The molecule has 6 nitrogen and oxygen atoms in total. The van der Waals surface area contributed by atoms with E-state index in [9.17, 15) is 9.90 Å². The third-order valence-corrected chi connectivity index (χ3v) is 6.70. The number of aliphatic hydroxyl groups is 2. The Morgan fingerprint density at radius 1 is 1.05 bits per heavy atom. The van der Waals surface area contributed by atoms with Gasteiger partial charge < -0.3 is 14.9 Å². The van der Waals surface area contributed by atoms with Crippen molar-refractivity contribution in [3.8, 4) is 0 Å². The first kappa shape index (κ1) is 42.6. The zero-order chi connectivity index (χ0) is 25.4. The fraction of sp³-hybridized carbons (Fsp3) is 0.774. The molecule has 0 spiro atoms. The number of esters is 1. The maximum absolute atomic E-state index is 11.8. The van der Waals surface area contributed by atoms with Crippen LogP contribution in [0, 0.1) is 5.41 Å². The molecule has 1 aliphatic rings. The summed E-state index contributed by atoms with van der Waals surface area (Å²) in [5, 5.41) is 20.9. The molecule has 2 N–H and O–H groups in total. The molecule has 0 bridgehead atoms. The topological polar surface area (TPSA) is 79.2 Å². The molecular formula is C31H63NO5. The summed E-state index contributed by atoms with van der Waals surface area (Å²) in [5.74, 6) is 0.253. The number of aliphatic hydroxyl groups excluding tert-OH is 2. The highest BCUT2D eigenvalue weighted by atomic mass is 16.7. The van der Waals surface area contributed by atoms with Gasteiger partial charge in [0.25, 0.3) is 0 Å². The van der Waals surface area contributed by atoms with Crippen LogP contribution in [0.25, 0.3) is 0 Å². The minimum atomic E-state index is -0.385. The SMILES string of the molecule is C.C.C.C.CC(CO)ON1C(C)(C)CC(O)CC1(C)C.CCC(C)(CC(C)c1ccccc1)C(=O)OC. The van der Waals surface area contributed by atoms with Crippen LogP contribution in [-0.4, -0.2) is 58.2 Å². The maximum atomic E-state index is 11.8. The number of nitrogens with zero attached hydrogens (tertiary/aromatic N) is 1. The zero-order valence-corrected chi connectivity index (χ0v) is 22.2. The number of hydroxylamine groups is 2. The van der Waals surface area contributed by atoms with Crippen molar-refractivity contribution in [2.45, 2.75) is 140 Å². The number of hydrogen-bond donors (Lipinski definition) is 2. The van der Waals surface area contributed by atoms with Gasteiger partial charge >= 0.3 is 5.97 Å². The van der Waals surface area contributed by atoms with Gasteiger partial charge in [-0.1, -0.05) is 73.9 Å². The molecular weight excluding hydrogens is 466 g/mol. The van der Waals surface area contributed by atoms with Gasteiger partial charge in [0.1, 0.15) is 0 Å². The largest absolute Gasteiger partial charge is 0.469 e. The molecule has 3 unspecified atom stereocenters. The van der Waals surface area contributed by atoms with Gasteiger partial charge in [0.15, 0.2) is 0 Å². The average molecular weight is 530 g/mol. The maximum Gasteiger partial charge on any atom is 0.311 e. The first-order valence-corrected chi connectivity index (χ1v) is 12.1. The third kappa shape index (κ3) is 12.3. The van der Waals surface area contributed by atoms with Crippen LogP contribution in [0.15, 0.2) is 30.3 Å². The normalized spacial score (nSPS) is 19.4. The third-order valence-electron chi connectivity index (χ3n) is 6.70. The molecule has 37 heavy (non-hydrogen) atoms. The van der Waals surface area contributed by atoms with Gasteiger partial charge in [-0.05, 0) is 78.7 Å². The molecule has 0 amide bonds. The number of benzene rings is 1. The first-order chi connectivity index (χ1) is 15.2. The second-order valence-electron chi connectivity index (χ2n) is 11.0. The molecule has 1 aromatic carbocycles. The van der Waals surface area contributed by atoms with Crippen molar-refractivity contribution in [2.24, 2.45) is 5.41 Å². The van der Waals surface area contributed by atoms with Crippen molar-refractivity contribution in [3.63, 3.8) is 0 Å². The van der Waals surface area contributed by atoms with Crippen molar-refractivity contribution >= 4 is 5.97 Å². The minimum Gasteiger partial charge on any atom is -0.469 e. The molecule has 0 radical (unpaired) electrons. The lowest BCUT2D eigenvalue weighted by Gasteiger charge is -2.53. The minimum absolute atomic E-state index is 0. The summed E-state index contributed by atoms with van der Waals surface area (Å²) in [7, 11) is 1.46. The van der Waals surface area contributed by atoms with E-state index < -0.39 is 0 Å². The van der Waals surface area contributed by atoms with Crippen molar-refractivity contribution in [3.05, 3.63) is 35.9 Å². The number of ether oxygens (including phenoxy) is 1. The Balaban J connectivity index is -0.000000266. The van der Waals surface area contributed by atoms with Gasteiger partial charge in [0.2, 0.25) is 0 Å². The molecule has 1 aromatic rings. The number of hydrogen-bond acceptors (Lipinski definition) is 6. The number of piperidine rings is 1. The highest BCUT2D eigenvalue weighted by Crippen LogP contribution is 2.39. The Bertz CT molecular complexity index is 704. The van der Waals surface area contributed by atoms with Crippen LogP contribution < -0.4 is 0 Å². The second kappa shape index (κ2) is 17.9. The molecule has 3 atom stereocenters. The van der Waals surface area contributed by atoms with Gasteiger partial charge in [-0.3, -0.25) is 9.63 Å². The Labute approximate surface area is 230 Å². The summed E-state index contributed by atoms with van der Waals surface area (Å²) in [6.45, 7) is 16.3. The fourth-order valence-electron chi connectivity index (χ4n) is 4.90. The lowest BCUT2D eigenvalue weighted by Crippen LogP contribution is -2.62. The van der Waals surface area contributed by atoms with Crippen molar-refractivity contribution < 1.29 is 24.6 Å². The Hall–Kier alpha value is -1.47. The fourth-order valence-corrected chi connectivity index (χ4v) is 4.90. The van der Waals surface area contributed by atoms with E-state index in [1.807, 2.05) is 44.0 Å². The first-order valence-electron chi connectivity index (χ1n) is 12.1. The van der Waals surface area contributed by atoms with Gasteiger partial charge in [-0.15, -0.1) is 0 Å². The lowest BCUT2D eigenvalue weighted by atomic mass is 9.77. The Kier molecular flexibility index (Phi) is 20.7. The van der Waals surface area contributed by atoms with Crippen molar-refractivity contribution in [1.29, 1.82) is 0 Å². The van der Waals surface area contributed by atoms with E-state index in [0.717, 1.165) is 12.8 Å². The van der Waals surface area contributed by atoms with Gasteiger partial charge in [-0.25, -0.2) is 0 Å². The van der Waals surface area contributed by atoms with Crippen LogP contribution in [0.2, 0.25) is 0 Å². The van der Waals surface area contributed by atoms with E-state index in [-0.39, 0.29) is 71.0 Å². The number of carbonyl (C=O) groups is 1. The van der Waals surface area contributed by atoms with Crippen LogP contribution in [0.4, 0.5) is 0 Å². The molecule has 1 fully saturated rings. The number of rotatable bonds is 8. The molecule has 1 saturated heterocycles. The van der Waals surface area contributed by atoms with E-state index in [4.69, 9.17) is 14.7 Å². The highest BCUT2D eigenvalue weighted by molar-refractivity contribution is 5.76. The van der Waals surface area contributed by atoms with Crippen LogP contribution in [0.1, 0.15) is 122 Å². The lowest BCUT2D eigenvalue weighted by molar-refractivity contribution is -0.314. The van der Waals surface area contributed by atoms with E-state index in [0.29, 0.717) is 18.8 Å². The summed E-state index contributed by atoms with van der Waals surface area (Å²) in [5.41, 5.74) is 0.454. The monoisotopic (exact) mass is 529 g/mol. The standard InChI is InChI=1S/C15H22O2.C12H25NO3.4CH4/c1-5-15(3,14(16)17-4)11-12(2)13-9-7-6-8-10-13;1-9(8-14)16-13-11(2,3)6-10(15)7-12(13,4)5;;;;/h6-10,12H,5,11H2,1-4H3;9-10,14-15H,6-8H2,1-5H3;4*1H4. The van der Waals surface area contributed by atoms with Crippen molar-refractivity contribution in [2.75, 3.05) is 13.7 Å². The van der Waals surface area contributed by atoms with Gasteiger partial charge in [0.05, 0.1) is 31.3 Å².